The van der Waals surface area contributed by atoms with Gasteiger partial charge < -0.3 is 15.8 Å². The molecule has 0 amide bonds. The van der Waals surface area contributed by atoms with Gasteiger partial charge in [0.1, 0.15) is 0 Å². The summed E-state index contributed by atoms with van der Waals surface area (Å²) in [5.74, 6) is 1.13. The lowest BCUT2D eigenvalue weighted by Gasteiger charge is -2.16. The zero-order chi connectivity index (χ0) is 14.2. The fourth-order valence-electron chi connectivity index (χ4n) is 2.58. The standard InChI is InChI=1S/C15H24N4O.HI/c1-20-14-12(7-6-10-17-14)11-18-15(16)19-13-8-4-2-3-5-9-13;/h6-7,10,13H,2-5,8-9,11H2,1H3,(H3,16,18,19);1H. The van der Waals surface area contributed by atoms with E-state index in [2.05, 4.69) is 15.3 Å². The van der Waals surface area contributed by atoms with Crippen molar-refractivity contribution in [2.45, 2.75) is 51.1 Å². The molecule has 3 N–H and O–H groups in total. The number of hydrogen-bond acceptors (Lipinski definition) is 3. The van der Waals surface area contributed by atoms with E-state index in [1.807, 2.05) is 12.1 Å². The number of rotatable bonds is 4. The first-order valence-electron chi connectivity index (χ1n) is 7.34. The molecule has 0 spiro atoms. The zero-order valence-electron chi connectivity index (χ0n) is 12.5. The molecule has 0 unspecified atom stereocenters. The molecule has 118 valence electrons. The van der Waals surface area contributed by atoms with Crippen molar-refractivity contribution in [2.24, 2.45) is 10.7 Å². The topological polar surface area (TPSA) is 72.5 Å². The predicted molar refractivity (Wildman–Crippen MR) is 96.2 cm³/mol. The summed E-state index contributed by atoms with van der Waals surface area (Å²) in [6, 6.07) is 4.30. The Balaban J connectivity index is 0.00000220. The predicted octanol–water partition coefficient (Wildman–Crippen LogP) is 2.84. The number of nitrogens with zero attached hydrogens (tertiary/aromatic N) is 2. The number of nitrogens with one attached hydrogen (secondary N) is 1. The smallest absolute Gasteiger partial charge is 0.218 e. The lowest BCUT2D eigenvalue weighted by Crippen LogP contribution is -2.39. The molecule has 0 atom stereocenters. The molecule has 1 heterocycles. The van der Waals surface area contributed by atoms with Gasteiger partial charge in [0.2, 0.25) is 5.88 Å². The van der Waals surface area contributed by atoms with Crippen LogP contribution in [0, 0.1) is 0 Å². The van der Waals surface area contributed by atoms with Crippen molar-refractivity contribution in [3.63, 3.8) is 0 Å². The fourth-order valence-corrected chi connectivity index (χ4v) is 2.58. The molecular weight excluding hydrogens is 379 g/mol. The van der Waals surface area contributed by atoms with Crippen LogP contribution < -0.4 is 15.8 Å². The molecule has 21 heavy (non-hydrogen) atoms. The summed E-state index contributed by atoms with van der Waals surface area (Å²) in [4.78, 5) is 8.54. The van der Waals surface area contributed by atoms with Gasteiger partial charge in [-0.1, -0.05) is 31.7 Å². The second-order valence-corrected chi connectivity index (χ2v) is 5.21. The molecule has 1 aliphatic rings. The number of ether oxygens (including phenoxy) is 1. The number of halogens is 1. The molecule has 0 aromatic carbocycles. The van der Waals surface area contributed by atoms with E-state index >= 15 is 0 Å². The van der Waals surface area contributed by atoms with Gasteiger partial charge in [-0.05, 0) is 18.9 Å². The molecule has 0 radical (unpaired) electrons. The van der Waals surface area contributed by atoms with Crippen LogP contribution in [-0.4, -0.2) is 24.1 Å². The average Bonchev–Trinajstić information content (AvgIpc) is 2.74. The number of nitrogens with two attached hydrogens (primary N) is 1. The summed E-state index contributed by atoms with van der Waals surface area (Å²) in [5.41, 5.74) is 6.92. The third-order valence-corrected chi connectivity index (χ3v) is 3.67. The first kappa shape index (κ1) is 18.0. The van der Waals surface area contributed by atoms with Crippen LogP contribution in [0.15, 0.2) is 23.3 Å². The minimum Gasteiger partial charge on any atom is -0.481 e. The second-order valence-electron chi connectivity index (χ2n) is 5.21. The van der Waals surface area contributed by atoms with Crippen LogP contribution in [-0.2, 0) is 6.54 Å². The molecule has 0 bridgehead atoms. The Bertz CT molecular complexity index is 445. The Hall–Kier alpha value is -1.05. The third kappa shape index (κ3) is 6.07. The maximum atomic E-state index is 5.97. The van der Waals surface area contributed by atoms with Crippen LogP contribution in [0.1, 0.15) is 44.1 Å². The fraction of sp³-hybridized carbons (Fsp3) is 0.600. The quantitative estimate of drug-likeness (QED) is 0.350. The van der Waals surface area contributed by atoms with E-state index in [0.29, 0.717) is 24.4 Å². The van der Waals surface area contributed by atoms with E-state index in [-0.39, 0.29) is 24.0 Å². The largest absolute Gasteiger partial charge is 0.481 e. The summed E-state index contributed by atoms with van der Waals surface area (Å²) in [7, 11) is 1.61. The lowest BCUT2D eigenvalue weighted by atomic mass is 10.1. The number of pyridine rings is 1. The SMILES string of the molecule is COc1ncccc1CN=C(N)NC1CCCCCC1.I. The Labute approximate surface area is 143 Å². The number of methoxy groups -OCH3 is 1. The lowest BCUT2D eigenvalue weighted by molar-refractivity contribution is 0.392. The van der Waals surface area contributed by atoms with Gasteiger partial charge in [0.05, 0.1) is 13.7 Å². The highest BCUT2D eigenvalue weighted by Gasteiger charge is 2.12. The third-order valence-electron chi connectivity index (χ3n) is 3.67. The van der Waals surface area contributed by atoms with Crippen LogP contribution in [0.3, 0.4) is 0 Å². The summed E-state index contributed by atoms with van der Waals surface area (Å²) < 4.78 is 5.20. The normalized spacial score (nSPS) is 16.7. The average molecular weight is 404 g/mol. The van der Waals surface area contributed by atoms with Crippen LogP contribution >= 0.6 is 24.0 Å². The maximum Gasteiger partial charge on any atom is 0.218 e. The van der Waals surface area contributed by atoms with E-state index in [4.69, 9.17) is 10.5 Å². The Kier molecular flexibility index (Phi) is 8.41. The number of hydrogen-bond donors (Lipinski definition) is 2. The second kappa shape index (κ2) is 9.81. The van der Waals surface area contributed by atoms with Crippen LogP contribution in [0.4, 0.5) is 0 Å². The van der Waals surface area contributed by atoms with Gasteiger partial charge in [0.25, 0.3) is 0 Å². The molecule has 5 nitrogen and oxygen atoms in total. The maximum absolute atomic E-state index is 5.97. The zero-order valence-corrected chi connectivity index (χ0v) is 14.9. The molecule has 2 rings (SSSR count). The van der Waals surface area contributed by atoms with E-state index in [1.54, 1.807) is 13.3 Å². The molecule has 1 aromatic heterocycles. The summed E-state index contributed by atoms with van der Waals surface area (Å²) in [6.45, 7) is 0.489. The van der Waals surface area contributed by atoms with Gasteiger partial charge in [-0.15, -0.1) is 24.0 Å². The number of aliphatic imine (C=N–C) groups is 1. The van der Waals surface area contributed by atoms with Crippen molar-refractivity contribution < 1.29 is 4.74 Å². The highest BCUT2D eigenvalue weighted by Crippen LogP contribution is 2.17. The van der Waals surface area contributed by atoms with E-state index in [9.17, 15) is 0 Å². The van der Waals surface area contributed by atoms with Crippen molar-refractivity contribution in [1.29, 1.82) is 0 Å². The number of guanidine groups is 1. The van der Waals surface area contributed by atoms with Crippen molar-refractivity contribution >= 4 is 29.9 Å². The highest BCUT2D eigenvalue weighted by atomic mass is 127. The van der Waals surface area contributed by atoms with Gasteiger partial charge in [-0.3, -0.25) is 0 Å². The van der Waals surface area contributed by atoms with Crippen LogP contribution in [0.2, 0.25) is 0 Å². The molecule has 1 aromatic rings. The molecule has 1 saturated carbocycles. The monoisotopic (exact) mass is 404 g/mol. The van der Waals surface area contributed by atoms with E-state index < -0.39 is 0 Å². The number of aromatic nitrogens is 1. The molecule has 0 aliphatic heterocycles. The van der Waals surface area contributed by atoms with Gasteiger partial charge in [0, 0.05) is 17.8 Å². The summed E-state index contributed by atoms with van der Waals surface area (Å²) in [6.07, 6.45) is 9.31. The first-order valence-corrected chi connectivity index (χ1v) is 7.34. The van der Waals surface area contributed by atoms with Gasteiger partial charge in [-0.25, -0.2) is 9.98 Å². The van der Waals surface area contributed by atoms with Crippen molar-refractivity contribution in [3.8, 4) is 5.88 Å². The minimum atomic E-state index is 0. The molecule has 6 heteroatoms. The Morgan fingerprint density at radius 2 is 2.10 bits per heavy atom. The van der Waals surface area contributed by atoms with Crippen LogP contribution in [0.25, 0.3) is 0 Å². The molecule has 1 aliphatic carbocycles. The first-order chi connectivity index (χ1) is 9.79. The van der Waals surface area contributed by atoms with Crippen molar-refractivity contribution in [2.75, 3.05) is 7.11 Å². The van der Waals surface area contributed by atoms with Gasteiger partial charge in [-0.2, -0.15) is 0 Å². The van der Waals surface area contributed by atoms with E-state index in [1.165, 1.54) is 38.5 Å². The molecule has 1 fully saturated rings. The van der Waals surface area contributed by atoms with Crippen LogP contribution in [0.5, 0.6) is 5.88 Å². The summed E-state index contributed by atoms with van der Waals surface area (Å²) >= 11 is 0. The molecular formula is C15H25IN4O. The highest BCUT2D eigenvalue weighted by molar-refractivity contribution is 14.0. The molecule has 0 saturated heterocycles. The van der Waals surface area contributed by atoms with Gasteiger partial charge >= 0.3 is 0 Å². The van der Waals surface area contributed by atoms with Crippen molar-refractivity contribution in [3.05, 3.63) is 23.9 Å². The van der Waals surface area contributed by atoms with Gasteiger partial charge in [0.15, 0.2) is 5.96 Å². The summed E-state index contributed by atoms with van der Waals surface area (Å²) in [5, 5.41) is 3.33. The van der Waals surface area contributed by atoms with E-state index in [0.717, 1.165) is 5.56 Å². The minimum absolute atomic E-state index is 0. The van der Waals surface area contributed by atoms with Crippen molar-refractivity contribution in [1.82, 2.24) is 10.3 Å². The Morgan fingerprint density at radius 1 is 1.38 bits per heavy atom. The Morgan fingerprint density at radius 3 is 2.76 bits per heavy atom.